The Hall–Kier alpha value is -3.10. The average Bonchev–Trinajstić information content (AvgIpc) is 3.28. The average molecular weight is 443 g/mol. The van der Waals surface area contributed by atoms with E-state index in [1.165, 1.54) is 34.8 Å². The predicted octanol–water partition coefficient (Wildman–Crippen LogP) is 3.86. The van der Waals surface area contributed by atoms with E-state index in [1.54, 1.807) is 55.1 Å². The highest BCUT2D eigenvalue weighted by Crippen LogP contribution is 2.22. The van der Waals surface area contributed by atoms with E-state index in [-0.39, 0.29) is 29.6 Å². The van der Waals surface area contributed by atoms with Crippen molar-refractivity contribution in [3.63, 3.8) is 0 Å². The summed E-state index contributed by atoms with van der Waals surface area (Å²) in [6.07, 6.45) is 1.53. The first-order valence-corrected chi connectivity index (χ1v) is 11.5. The van der Waals surface area contributed by atoms with Gasteiger partial charge in [-0.3, -0.25) is 4.79 Å². The molecule has 2 aromatic carbocycles. The van der Waals surface area contributed by atoms with Gasteiger partial charge in [-0.15, -0.1) is 0 Å². The summed E-state index contributed by atoms with van der Waals surface area (Å²) in [7, 11) is -3.60. The summed E-state index contributed by atoms with van der Waals surface area (Å²) in [6, 6.07) is 16.3. The highest BCUT2D eigenvalue weighted by atomic mass is 32.2. The lowest BCUT2D eigenvalue weighted by Crippen LogP contribution is -2.31. The molecule has 31 heavy (non-hydrogen) atoms. The Morgan fingerprint density at radius 1 is 0.935 bits per heavy atom. The Labute approximate surface area is 182 Å². The highest BCUT2D eigenvalue weighted by Gasteiger charge is 2.23. The van der Waals surface area contributed by atoms with Gasteiger partial charge in [-0.2, -0.15) is 4.31 Å². The van der Waals surface area contributed by atoms with Gasteiger partial charge < -0.3 is 14.4 Å². The molecular weight excluding hydrogens is 416 g/mol. The molecule has 1 N–H and O–H groups in total. The number of benzene rings is 2. The topological polar surface area (TPSA) is 91.1 Å². The number of hydrogen-bond acceptors (Lipinski definition) is 5. The summed E-state index contributed by atoms with van der Waals surface area (Å²) >= 11 is 0. The lowest BCUT2D eigenvalue weighted by molar-refractivity contribution is 0.0716. The van der Waals surface area contributed by atoms with Gasteiger partial charge in [0.15, 0.2) is 0 Å². The minimum Gasteiger partial charge on any atom is -0.508 e. The second-order valence-electron chi connectivity index (χ2n) is 6.98. The fraction of sp³-hybridized carbons (Fsp3) is 0.261. The van der Waals surface area contributed by atoms with Crippen molar-refractivity contribution in [1.29, 1.82) is 0 Å². The quantitative estimate of drug-likeness (QED) is 0.543. The molecule has 0 bridgehead atoms. The van der Waals surface area contributed by atoms with Gasteiger partial charge in [-0.05, 0) is 42.5 Å². The number of furan rings is 1. The first kappa shape index (κ1) is 22.6. The third-order valence-corrected chi connectivity index (χ3v) is 7.08. The summed E-state index contributed by atoms with van der Waals surface area (Å²) in [5.41, 5.74) is 0.948. The summed E-state index contributed by atoms with van der Waals surface area (Å²) < 4.78 is 32.1. The fourth-order valence-corrected chi connectivity index (χ4v) is 4.76. The second kappa shape index (κ2) is 9.80. The number of nitrogens with zero attached hydrogens (tertiary/aromatic N) is 2. The normalized spacial score (nSPS) is 11.6. The van der Waals surface area contributed by atoms with Crippen LogP contribution in [0.25, 0.3) is 0 Å². The van der Waals surface area contributed by atoms with Gasteiger partial charge in [0, 0.05) is 24.2 Å². The van der Waals surface area contributed by atoms with Crippen LogP contribution in [0.1, 0.15) is 35.5 Å². The zero-order valence-corrected chi connectivity index (χ0v) is 18.4. The third-order valence-electron chi connectivity index (χ3n) is 5.01. The molecule has 8 heteroatoms. The van der Waals surface area contributed by atoms with E-state index >= 15 is 0 Å². The van der Waals surface area contributed by atoms with Crippen LogP contribution < -0.4 is 0 Å². The molecule has 0 aliphatic heterocycles. The number of carbonyl (C=O) groups excluding carboxylic acids is 1. The number of rotatable bonds is 9. The SMILES string of the molecule is CCN(CC)S(=O)(=O)c1ccc(C(=O)N(Cc2ccco2)Cc2ccccc2O)cc1. The molecule has 0 atom stereocenters. The number of amides is 1. The first-order chi connectivity index (χ1) is 14.9. The molecule has 0 radical (unpaired) electrons. The summed E-state index contributed by atoms with van der Waals surface area (Å²) in [5.74, 6) is 0.399. The van der Waals surface area contributed by atoms with E-state index in [9.17, 15) is 18.3 Å². The zero-order chi connectivity index (χ0) is 22.4. The number of para-hydroxylation sites is 1. The van der Waals surface area contributed by atoms with Crippen LogP contribution in [0.3, 0.4) is 0 Å². The maximum Gasteiger partial charge on any atom is 0.254 e. The largest absolute Gasteiger partial charge is 0.508 e. The molecule has 0 fully saturated rings. The smallest absolute Gasteiger partial charge is 0.254 e. The van der Waals surface area contributed by atoms with Crippen LogP contribution in [0.15, 0.2) is 76.2 Å². The lowest BCUT2D eigenvalue weighted by atomic mass is 10.1. The van der Waals surface area contributed by atoms with E-state index < -0.39 is 10.0 Å². The molecule has 0 aliphatic rings. The van der Waals surface area contributed by atoms with Crippen LogP contribution >= 0.6 is 0 Å². The van der Waals surface area contributed by atoms with Crippen LogP contribution in [0.5, 0.6) is 5.75 Å². The molecule has 1 heterocycles. The minimum atomic E-state index is -3.60. The molecule has 1 amide bonds. The van der Waals surface area contributed by atoms with Crippen LogP contribution in [-0.2, 0) is 23.1 Å². The summed E-state index contributed by atoms with van der Waals surface area (Å²) in [6.45, 7) is 4.69. The van der Waals surface area contributed by atoms with Crippen molar-refractivity contribution in [1.82, 2.24) is 9.21 Å². The van der Waals surface area contributed by atoms with Gasteiger partial charge >= 0.3 is 0 Å². The van der Waals surface area contributed by atoms with E-state index in [0.717, 1.165) is 0 Å². The molecule has 1 aromatic heterocycles. The zero-order valence-electron chi connectivity index (χ0n) is 17.6. The molecule has 7 nitrogen and oxygen atoms in total. The number of phenols is 1. The van der Waals surface area contributed by atoms with Crippen molar-refractivity contribution in [3.05, 3.63) is 83.8 Å². The van der Waals surface area contributed by atoms with Crippen molar-refractivity contribution in [2.45, 2.75) is 31.8 Å². The van der Waals surface area contributed by atoms with Gasteiger partial charge in [0.1, 0.15) is 11.5 Å². The summed E-state index contributed by atoms with van der Waals surface area (Å²) in [5, 5.41) is 10.1. The van der Waals surface area contributed by atoms with Crippen molar-refractivity contribution >= 4 is 15.9 Å². The van der Waals surface area contributed by atoms with Crippen molar-refractivity contribution in [3.8, 4) is 5.75 Å². The minimum absolute atomic E-state index is 0.0976. The number of hydrogen-bond donors (Lipinski definition) is 1. The van der Waals surface area contributed by atoms with Gasteiger partial charge in [0.05, 0.1) is 24.2 Å². The first-order valence-electron chi connectivity index (χ1n) is 10.1. The molecule has 0 spiro atoms. The van der Waals surface area contributed by atoms with E-state index in [2.05, 4.69) is 0 Å². The molecular formula is C23H26N2O5S. The van der Waals surface area contributed by atoms with Gasteiger partial charge in [-0.25, -0.2) is 8.42 Å². The molecule has 0 saturated carbocycles. The number of aromatic hydroxyl groups is 1. The molecule has 0 aliphatic carbocycles. The van der Waals surface area contributed by atoms with Crippen LogP contribution in [-0.4, -0.2) is 41.7 Å². The van der Waals surface area contributed by atoms with Crippen molar-refractivity contribution < 1.29 is 22.7 Å². The molecule has 164 valence electrons. The Balaban J connectivity index is 1.87. The van der Waals surface area contributed by atoms with E-state index in [4.69, 9.17) is 4.42 Å². The standard InChI is InChI=1S/C23H26N2O5S/c1-3-25(4-2)31(28,29)21-13-11-18(12-14-21)23(27)24(17-20-9-7-15-30-20)16-19-8-5-6-10-22(19)26/h5-15,26H,3-4,16-17H2,1-2H3. The molecule has 3 rings (SSSR count). The van der Waals surface area contributed by atoms with Gasteiger partial charge in [0.2, 0.25) is 10.0 Å². The Kier molecular flexibility index (Phi) is 7.14. The van der Waals surface area contributed by atoms with Gasteiger partial charge in [0.25, 0.3) is 5.91 Å². The lowest BCUT2D eigenvalue weighted by Gasteiger charge is -2.23. The maximum absolute atomic E-state index is 13.2. The van der Waals surface area contributed by atoms with E-state index in [1.807, 2.05) is 0 Å². The molecule has 3 aromatic rings. The Bertz CT molecular complexity index is 1110. The highest BCUT2D eigenvalue weighted by molar-refractivity contribution is 7.89. The van der Waals surface area contributed by atoms with Crippen molar-refractivity contribution in [2.75, 3.05) is 13.1 Å². The molecule has 0 saturated heterocycles. The second-order valence-corrected chi connectivity index (χ2v) is 8.92. The van der Waals surface area contributed by atoms with Gasteiger partial charge in [-0.1, -0.05) is 32.0 Å². The Morgan fingerprint density at radius 3 is 2.19 bits per heavy atom. The predicted molar refractivity (Wildman–Crippen MR) is 117 cm³/mol. The number of sulfonamides is 1. The van der Waals surface area contributed by atoms with E-state index in [0.29, 0.717) is 30.0 Å². The third kappa shape index (κ3) is 5.15. The van der Waals surface area contributed by atoms with Crippen LogP contribution in [0, 0.1) is 0 Å². The van der Waals surface area contributed by atoms with Crippen LogP contribution in [0.2, 0.25) is 0 Å². The Morgan fingerprint density at radius 2 is 1.61 bits per heavy atom. The van der Waals surface area contributed by atoms with Crippen molar-refractivity contribution in [2.24, 2.45) is 0 Å². The maximum atomic E-state index is 13.2. The monoisotopic (exact) mass is 442 g/mol. The fourth-order valence-electron chi connectivity index (χ4n) is 3.30. The van der Waals surface area contributed by atoms with Crippen LogP contribution in [0.4, 0.5) is 0 Å². The summed E-state index contributed by atoms with van der Waals surface area (Å²) in [4.78, 5) is 14.9. The number of carbonyl (C=O) groups is 1. The number of phenolic OH excluding ortho intramolecular Hbond substituents is 1. The molecule has 0 unspecified atom stereocenters.